The summed E-state index contributed by atoms with van der Waals surface area (Å²) in [5.41, 5.74) is 0. The van der Waals surface area contributed by atoms with Gasteiger partial charge in [0.05, 0.1) is 6.10 Å². The van der Waals surface area contributed by atoms with Crippen molar-refractivity contribution in [2.24, 2.45) is 0 Å². The number of nitrogens with one attached hydrogen (secondary N) is 1. The molecule has 1 saturated carbocycles. The third-order valence-electron chi connectivity index (χ3n) is 3.54. The SMILES string of the molecule is COC1CC(N2CCCNC(C)C2)C1. The lowest BCUT2D eigenvalue weighted by Gasteiger charge is -2.42. The van der Waals surface area contributed by atoms with Gasteiger partial charge in [0, 0.05) is 25.7 Å². The van der Waals surface area contributed by atoms with Crippen molar-refractivity contribution in [1.29, 1.82) is 0 Å². The van der Waals surface area contributed by atoms with Crippen molar-refractivity contribution >= 4 is 0 Å². The van der Waals surface area contributed by atoms with Crippen molar-refractivity contribution in [3.8, 4) is 0 Å². The maximum atomic E-state index is 5.32. The molecule has 2 rings (SSSR count). The van der Waals surface area contributed by atoms with Crippen molar-refractivity contribution in [3.63, 3.8) is 0 Å². The minimum absolute atomic E-state index is 0.534. The maximum Gasteiger partial charge on any atom is 0.0601 e. The molecule has 3 nitrogen and oxygen atoms in total. The summed E-state index contributed by atoms with van der Waals surface area (Å²) in [7, 11) is 1.83. The summed E-state index contributed by atoms with van der Waals surface area (Å²) < 4.78 is 5.32. The third-order valence-corrected chi connectivity index (χ3v) is 3.54. The van der Waals surface area contributed by atoms with Crippen LogP contribution in [0.5, 0.6) is 0 Å². The van der Waals surface area contributed by atoms with E-state index in [2.05, 4.69) is 17.1 Å². The predicted octanol–water partition coefficient (Wildman–Crippen LogP) is 0.848. The fourth-order valence-corrected chi connectivity index (χ4v) is 2.50. The summed E-state index contributed by atoms with van der Waals surface area (Å²) in [5.74, 6) is 0. The van der Waals surface area contributed by atoms with Crippen LogP contribution in [0, 0.1) is 0 Å². The molecule has 82 valence electrons. The Morgan fingerprint density at radius 3 is 2.86 bits per heavy atom. The number of ether oxygens (including phenoxy) is 1. The average Bonchev–Trinajstić information content (AvgIpc) is 2.28. The monoisotopic (exact) mass is 198 g/mol. The Labute approximate surface area is 86.8 Å². The standard InChI is InChI=1S/C11H22N2O/c1-9-8-13(5-3-4-12-9)10-6-11(7-10)14-2/h9-12H,3-8H2,1-2H3. The van der Waals surface area contributed by atoms with Crippen LogP contribution >= 0.6 is 0 Å². The lowest BCUT2D eigenvalue weighted by molar-refractivity contribution is -0.0270. The number of hydrogen-bond donors (Lipinski definition) is 1. The molecule has 0 bridgehead atoms. The van der Waals surface area contributed by atoms with E-state index in [9.17, 15) is 0 Å². The zero-order valence-corrected chi connectivity index (χ0v) is 9.33. The second-order valence-electron chi connectivity index (χ2n) is 4.69. The van der Waals surface area contributed by atoms with E-state index in [4.69, 9.17) is 4.74 Å². The molecule has 1 N–H and O–H groups in total. The Morgan fingerprint density at radius 1 is 1.36 bits per heavy atom. The Balaban J connectivity index is 1.79. The Bertz CT molecular complexity index is 180. The van der Waals surface area contributed by atoms with E-state index in [1.165, 1.54) is 38.9 Å². The van der Waals surface area contributed by atoms with Gasteiger partial charge in [0.1, 0.15) is 0 Å². The Kier molecular flexibility index (Phi) is 3.42. The van der Waals surface area contributed by atoms with Gasteiger partial charge in [-0.05, 0) is 39.3 Å². The second-order valence-corrected chi connectivity index (χ2v) is 4.69. The molecule has 0 aromatic carbocycles. The van der Waals surface area contributed by atoms with Crippen LogP contribution in [-0.4, -0.2) is 49.8 Å². The molecule has 0 aromatic heterocycles. The summed E-state index contributed by atoms with van der Waals surface area (Å²) in [6, 6.07) is 1.45. The van der Waals surface area contributed by atoms with Gasteiger partial charge in [0.2, 0.25) is 0 Å². The normalized spacial score (nSPS) is 40.3. The van der Waals surface area contributed by atoms with Gasteiger partial charge >= 0.3 is 0 Å². The van der Waals surface area contributed by atoms with Gasteiger partial charge in [-0.25, -0.2) is 0 Å². The van der Waals surface area contributed by atoms with Gasteiger partial charge in [0.15, 0.2) is 0 Å². The van der Waals surface area contributed by atoms with Crippen LogP contribution in [0.3, 0.4) is 0 Å². The highest BCUT2D eigenvalue weighted by Crippen LogP contribution is 2.28. The summed E-state index contributed by atoms with van der Waals surface area (Å²) in [6.07, 6.45) is 4.30. The fourth-order valence-electron chi connectivity index (χ4n) is 2.50. The van der Waals surface area contributed by atoms with E-state index in [0.717, 1.165) is 6.04 Å². The summed E-state index contributed by atoms with van der Waals surface area (Å²) in [5, 5.41) is 3.53. The third kappa shape index (κ3) is 2.27. The molecule has 0 amide bonds. The van der Waals surface area contributed by atoms with Crippen molar-refractivity contribution in [3.05, 3.63) is 0 Å². The Morgan fingerprint density at radius 2 is 2.14 bits per heavy atom. The predicted molar refractivity (Wildman–Crippen MR) is 57.5 cm³/mol. The fraction of sp³-hybridized carbons (Fsp3) is 1.00. The quantitative estimate of drug-likeness (QED) is 0.712. The topological polar surface area (TPSA) is 24.5 Å². The summed E-state index contributed by atoms with van der Waals surface area (Å²) in [6.45, 7) is 5.93. The Hall–Kier alpha value is -0.120. The van der Waals surface area contributed by atoms with E-state index >= 15 is 0 Å². The van der Waals surface area contributed by atoms with Crippen LogP contribution in [0.1, 0.15) is 26.2 Å². The molecule has 1 aliphatic carbocycles. The zero-order valence-electron chi connectivity index (χ0n) is 9.33. The summed E-state index contributed by atoms with van der Waals surface area (Å²) in [4.78, 5) is 2.64. The molecule has 0 radical (unpaired) electrons. The van der Waals surface area contributed by atoms with Gasteiger partial charge in [0.25, 0.3) is 0 Å². The van der Waals surface area contributed by atoms with Crippen LogP contribution < -0.4 is 5.32 Å². The van der Waals surface area contributed by atoms with Gasteiger partial charge in [-0.1, -0.05) is 0 Å². The first-order valence-electron chi connectivity index (χ1n) is 5.80. The molecule has 0 spiro atoms. The van der Waals surface area contributed by atoms with Crippen molar-refractivity contribution in [2.45, 2.75) is 44.4 Å². The van der Waals surface area contributed by atoms with Crippen LogP contribution in [0.25, 0.3) is 0 Å². The molecular weight excluding hydrogens is 176 g/mol. The first-order chi connectivity index (χ1) is 6.79. The molecule has 3 heteroatoms. The largest absolute Gasteiger partial charge is 0.381 e. The van der Waals surface area contributed by atoms with Gasteiger partial charge in [-0.15, -0.1) is 0 Å². The van der Waals surface area contributed by atoms with Gasteiger partial charge in [-0.2, -0.15) is 0 Å². The van der Waals surface area contributed by atoms with Gasteiger partial charge < -0.3 is 10.1 Å². The number of rotatable bonds is 2. The smallest absolute Gasteiger partial charge is 0.0601 e. The van der Waals surface area contributed by atoms with Crippen LogP contribution in [0.2, 0.25) is 0 Å². The van der Waals surface area contributed by atoms with Gasteiger partial charge in [-0.3, -0.25) is 4.90 Å². The average molecular weight is 198 g/mol. The van der Waals surface area contributed by atoms with Crippen molar-refractivity contribution in [1.82, 2.24) is 10.2 Å². The lowest BCUT2D eigenvalue weighted by atomic mass is 9.87. The molecule has 1 aliphatic heterocycles. The molecule has 1 unspecified atom stereocenters. The van der Waals surface area contributed by atoms with E-state index in [1.807, 2.05) is 7.11 Å². The van der Waals surface area contributed by atoms with Crippen LogP contribution in [0.4, 0.5) is 0 Å². The van der Waals surface area contributed by atoms with Crippen LogP contribution in [-0.2, 0) is 4.74 Å². The van der Waals surface area contributed by atoms with E-state index in [1.54, 1.807) is 0 Å². The van der Waals surface area contributed by atoms with Crippen molar-refractivity contribution < 1.29 is 4.74 Å². The highest BCUT2D eigenvalue weighted by atomic mass is 16.5. The number of hydrogen-bond acceptors (Lipinski definition) is 3. The molecule has 14 heavy (non-hydrogen) atoms. The molecule has 1 saturated heterocycles. The second kappa shape index (κ2) is 4.60. The first-order valence-corrected chi connectivity index (χ1v) is 5.80. The molecule has 2 aliphatic rings. The maximum absolute atomic E-state index is 5.32. The lowest BCUT2D eigenvalue weighted by Crippen LogP contribution is -2.50. The molecule has 0 aromatic rings. The summed E-state index contributed by atoms with van der Waals surface area (Å²) >= 11 is 0. The molecular formula is C11H22N2O. The molecule has 2 fully saturated rings. The minimum Gasteiger partial charge on any atom is -0.381 e. The first kappa shape index (κ1) is 10.4. The number of nitrogens with zero attached hydrogens (tertiary/aromatic N) is 1. The highest BCUT2D eigenvalue weighted by molar-refractivity contribution is 4.90. The molecule has 1 heterocycles. The highest BCUT2D eigenvalue weighted by Gasteiger charge is 2.34. The van der Waals surface area contributed by atoms with Crippen LogP contribution in [0.15, 0.2) is 0 Å². The minimum atomic E-state index is 0.534. The van der Waals surface area contributed by atoms with E-state index in [0.29, 0.717) is 12.1 Å². The van der Waals surface area contributed by atoms with E-state index in [-0.39, 0.29) is 0 Å². The number of methoxy groups -OCH3 is 1. The molecule has 1 atom stereocenters. The van der Waals surface area contributed by atoms with Crippen molar-refractivity contribution in [2.75, 3.05) is 26.7 Å². The zero-order chi connectivity index (χ0) is 9.97. The van der Waals surface area contributed by atoms with E-state index < -0.39 is 0 Å².